The van der Waals surface area contributed by atoms with Gasteiger partial charge in [-0.25, -0.2) is 0 Å². The fourth-order valence-electron chi connectivity index (χ4n) is 1.78. The molecule has 0 saturated heterocycles. The third-order valence-corrected chi connectivity index (χ3v) is 2.90. The van der Waals surface area contributed by atoms with Gasteiger partial charge in [-0.2, -0.15) is 0 Å². The fraction of sp³-hybridized carbons (Fsp3) is 0.222. The van der Waals surface area contributed by atoms with Gasteiger partial charge in [0.05, 0.1) is 6.61 Å². The van der Waals surface area contributed by atoms with Gasteiger partial charge >= 0.3 is 0 Å². The second-order valence-electron chi connectivity index (χ2n) is 4.41. The number of aliphatic hydroxyl groups is 1. The van der Waals surface area contributed by atoms with Crippen molar-refractivity contribution in [1.82, 2.24) is 0 Å². The molecule has 1 N–H and O–H groups in total. The Balaban J connectivity index is 2.04. The van der Waals surface area contributed by atoms with Gasteiger partial charge < -0.3 is 9.84 Å². The highest BCUT2D eigenvalue weighted by atomic mass is 16.5. The normalized spacial score (nSPS) is 11.5. The molecular formula is C18H18O2. The first kappa shape index (κ1) is 14.3. The van der Waals surface area contributed by atoms with Crippen LogP contribution in [0.1, 0.15) is 29.7 Å². The summed E-state index contributed by atoms with van der Waals surface area (Å²) in [6.07, 6.45) is -0.578. The molecule has 0 radical (unpaired) electrons. The van der Waals surface area contributed by atoms with Gasteiger partial charge in [0.2, 0.25) is 0 Å². The Hall–Kier alpha value is -2.08. The van der Waals surface area contributed by atoms with Crippen LogP contribution in [0.15, 0.2) is 54.6 Å². The molecule has 102 valence electrons. The predicted molar refractivity (Wildman–Crippen MR) is 80.3 cm³/mol. The van der Waals surface area contributed by atoms with Crippen LogP contribution in [-0.4, -0.2) is 18.3 Å². The molecule has 0 aliphatic heterocycles. The molecule has 0 heterocycles. The van der Waals surface area contributed by atoms with E-state index in [4.69, 9.17) is 4.74 Å². The zero-order chi connectivity index (χ0) is 14.2. The maximum absolute atomic E-state index is 9.89. The Morgan fingerprint density at radius 2 is 1.55 bits per heavy atom. The van der Waals surface area contributed by atoms with E-state index in [1.165, 1.54) is 0 Å². The summed E-state index contributed by atoms with van der Waals surface area (Å²) < 4.78 is 5.21. The molecule has 2 heteroatoms. The lowest BCUT2D eigenvalue weighted by molar-refractivity contribution is 0.0420. The molecule has 0 amide bonds. The lowest BCUT2D eigenvalue weighted by Gasteiger charge is -2.10. The molecule has 0 saturated carbocycles. The van der Waals surface area contributed by atoms with Gasteiger partial charge in [0.15, 0.2) is 0 Å². The van der Waals surface area contributed by atoms with Crippen molar-refractivity contribution in [3.05, 3.63) is 71.3 Å². The second-order valence-corrected chi connectivity index (χ2v) is 4.41. The maximum atomic E-state index is 9.89. The van der Waals surface area contributed by atoms with Crippen LogP contribution in [0.5, 0.6) is 0 Å². The summed E-state index contributed by atoms with van der Waals surface area (Å²) in [5.74, 6) is 6.21. The minimum atomic E-state index is -0.578. The Bertz CT molecular complexity index is 576. The Labute approximate surface area is 120 Å². The van der Waals surface area contributed by atoms with Gasteiger partial charge in [-0.15, -0.1) is 0 Å². The van der Waals surface area contributed by atoms with Gasteiger partial charge in [0, 0.05) is 17.7 Å². The number of rotatable bonds is 4. The van der Waals surface area contributed by atoms with Crippen LogP contribution in [0.25, 0.3) is 0 Å². The summed E-state index contributed by atoms with van der Waals surface area (Å²) in [5.41, 5.74) is 2.78. The highest BCUT2D eigenvalue weighted by Crippen LogP contribution is 2.14. The average Bonchev–Trinajstić information content (AvgIpc) is 2.52. The molecule has 0 fully saturated rings. The minimum absolute atomic E-state index is 0.325. The molecule has 0 aliphatic carbocycles. The SMILES string of the molecule is CCOC[C@@H](O)c1ccc(C#Cc2ccccc2)cc1. The van der Waals surface area contributed by atoms with E-state index in [9.17, 15) is 5.11 Å². The van der Waals surface area contributed by atoms with Crippen molar-refractivity contribution in [2.24, 2.45) is 0 Å². The molecule has 0 aliphatic rings. The van der Waals surface area contributed by atoms with Crippen LogP contribution >= 0.6 is 0 Å². The van der Waals surface area contributed by atoms with Crippen molar-refractivity contribution >= 4 is 0 Å². The third kappa shape index (κ3) is 4.24. The molecular weight excluding hydrogens is 248 g/mol. The van der Waals surface area contributed by atoms with E-state index in [0.29, 0.717) is 13.2 Å². The molecule has 2 aromatic carbocycles. The topological polar surface area (TPSA) is 29.5 Å². The monoisotopic (exact) mass is 266 g/mol. The van der Waals surface area contributed by atoms with Crippen molar-refractivity contribution in [2.75, 3.05) is 13.2 Å². The highest BCUT2D eigenvalue weighted by Gasteiger charge is 2.06. The predicted octanol–water partition coefficient (Wildman–Crippen LogP) is 3.16. The van der Waals surface area contributed by atoms with E-state index < -0.39 is 6.10 Å². The van der Waals surface area contributed by atoms with E-state index in [1.54, 1.807) is 0 Å². The Kier molecular flexibility index (Phi) is 5.37. The molecule has 2 nitrogen and oxygen atoms in total. The molecule has 0 aromatic heterocycles. The van der Waals surface area contributed by atoms with E-state index >= 15 is 0 Å². The first-order valence-electron chi connectivity index (χ1n) is 6.72. The van der Waals surface area contributed by atoms with Crippen LogP contribution in [0.3, 0.4) is 0 Å². The zero-order valence-corrected chi connectivity index (χ0v) is 11.5. The number of ether oxygens (including phenoxy) is 1. The van der Waals surface area contributed by atoms with Crippen molar-refractivity contribution in [3.63, 3.8) is 0 Å². The summed E-state index contributed by atoms with van der Waals surface area (Å²) >= 11 is 0. The number of hydrogen-bond acceptors (Lipinski definition) is 2. The van der Waals surface area contributed by atoms with Crippen LogP contribution < -0.4 is 0 Å². The molecule has 2 aromatic rings. The van der Waals surface area contributed by atoms with E-state index in [0.717, 1.165) is 16.7 Å². The summed E-state index contributed by atoms with van der Waals surface area (Å²) in [6.45, 7) is 2.85. The molecule has 20 heavy (non-hydrogen) atoms. The Morgan fingerprint density at radius 3 is 2.15 bits per heavy atom. The average molecular weight is 266 g/mol. The van der Waals surface area contributed by atoms with E-state index in [1.807, 2.05) is 61.5 Å². The fourth-order valence-corrected chi connectivity index (χ4v) is 1.78. The van der Waals surface area contributed by atoms with E-state index in [2.05, 4.69) is 11.8 Å². The molecule has 1 atom stereocenters. The molecule has 0 spiro atoms. The first-order chi connectivity index (χ1) is 9.79. The van der Waals surface area contributed by atoms with Crippen molar-refractivity contribution < 1.29 is 9.84 Å². The Morgan fingerprint density at radius 1 is 0.950 bits per heavy atom. The van der Waals surface area contributed by atoms with E-state index in [-0.39, 0.29) is 0 Å². The second kappa shape index (κ2) is 7.49. The van der Waals surface area contributed by atoms with Crippen LogP contribution in [0.4, 0.5) is 0 Å². The molecule has 0 unspecified atom stereocenters. The van der Waals surface area contributed by atoms with Crippen LogP contribution in [0, 0.1) is 11.8 Å². The third-order valence-electron chi connectivity index (χ3n) is 2.90. The standard InChI is InChI=1S/C18H18O2/c1-2-20-14-18(19)17-12-10-16(11-13-17)9-8-15-6-4-3-5-7-15/h3-7,10-13,18-19H,2,14H2,1H3/t18-/m1/s1. The number of benzene rings is 2. The molecule has 0 bridgehead atoms. The largest absolute Gasteiger partial charge is 0.386 e. The van der Waals surface area contributed by atoms with Crippen molar-refractivity contribution in [1.29, 1.82) is 0 Å². The smallest absolute Gasteiger partial charge is 0.102 e. The van der Waals surface area contributed by atoms with Gasteiger partial charge in [-0.1, -0.05) is 42.2 Å². The van der Waals surface area contributed by atoms with Gasteiger partial charge in [0.25, 0.3) is 0 Å². The van der Waals surface area contributed by atoms with Gasteiger partial charge in [0.1, 0.15) is 6.10 Å². The zero-order valence-electron chi connectivity index (χ0n) is 11.5. The number of aliphatic hydroxyl groups excluding tert-OH is 1. The summed E-state index contributed by atoms with van der Waals surface area (Å²) in [6, 6.07) is 17.5. The van der Waals surface area contributed by atoms with Gasteiger partial charge in [-0.05, 0) is 36.8 Å². The first-order valence-corrected chi connectivity index (χ1v) is 6.72. The van der Waals surface area contributed by atoms with Crippen molar-refractivity contribution in [3.8, 4) is 11.8 Å². The lowest BCUT2D eigenvalue weighted by atomic mass is 10.1. The minimum Gasteiger partial charge on any atom is -0.386 e. The lowest BCUT2D eigenvalue weighted by Crippen LogP contribution is -2.06. The quantitative estimate of drug-likeness (QED) is 0.861. The van der Waals surface area contributed by atoms with Crippen LogP contribution in [-0.2, 0) is 4.74 Å². The summed E-state index contributed by atoms with van der Waals surface area (Å²) in [5, 5.41) is 9.89. The van der Waals surface area contributed by atoms with Crippen molar-refractivity contribution in [2.45, 2.75) is 13.0 Å². The summed E-state index contributed by atoms with van der Waals surface area (Å²) in [7, 11) is 0. The maximum Gasteiger partial charge on any atom is 0.102 e. The summed E-state index contributed by atoms with van der Waals surface area (Å²) in [4.78, 5) is 0. The van der Waals surface area contributed by atoms with Gasteiger partial charge in [-0.3, -0.25) is 0 Å². The van der Waals surface area contributed by atoms with Crippen LogP contribution in [0.2, 0.25) is 0 Å². The number of hydrogen-bond donors (Lipinski definition) is 1. The highest BCUT2D eigenvalue weighted by molar-refractivity contribution is 5.43. The molecule has 2 rings (SSSR count).